The number of hydrogen-bond donors (Lipinski definition) is 2. The Kier molecular flexibility index (Phi) is 5.56. The molecule has 132 valence electrons. The molecular formula is C20H25N3O2. The van der Waals surface area contributed by atoms with Gasteiger partial charge in [-0.25, -0.2) is 0 Å². The molecule has 1 heterocycles. The van der Waals surface area contributed by atoms with E-state index in [1.165, 1.54) is 0 Å². The number of aryl methyl sites for hydroxylation is 1. The second-order valence-electron chi connectivity index (χ2n) is 6.21. The SMILES string of the molecule is CCCCn1c(=N)n(C[C@@H](O)COc2ccccc2)c2ccccc21. The molecule has 25 heavy (non-hydrogen) atoms. The Morgan fingerprint density at radius 1 is 1.00 bits per heavy atom. The van der Waals surface area contributed by atoms with Crippen LogP contribution in [-0.4, -0.2) is 27.0 Å². The quantitative estimate of drug-likeness (QED) is 0.662. The van der Waals surface area contributed by atoms with Crippen LogP contribution in [0, 0.1) is 5.41 Å². The lowest BCUT2D eigenvalue weighted by Crippen LogP contribution is -2.31. The molecule has 0 amide bonds. The molecule has 1 aromatic heterocycles. The van der Waals surface area contributed by atoms with Crippen LogP contribution in [0.5, 0.6) is 5.75 Å². The van der Waals surface area contributed by atoms with Gasteiger partial charge in [0, 0.05) is 6.54 Å². The van der Waals surface area contributed by atoms with Crippen molar-refractivity contribution in [3.63, 3.8) is 0 Å². The van der Waals surface area contributed by atoms with Crippen LogP contribution in [0.4, 0.5) is 0 Å². The normalized spacial score (nSPS) is 12.4. The molecule has 3 rings (SSSR count). The minimum absolute atomic E-state index is 0.199. The van der Waals surface area contributed by atoms with Gasteiger partial charge in [0.25, 0.3) is 0 Å². The second kappa shape index (κ2) is 8.03. The zero-order chi connectivity index (χ0) is 17.6. The van der Waals surface area contributed by atoms with Gasteiger partial charge in [-0.2, -0.15) is 0 Å². The van der Waals surface area contributed by atoms with Crippen molar-refractivity contribution in [1.82, 2.24) is 9.13 Å². The number of benzene rings is 2. The number of ether oxygens (including phenoxy) is 1. The molecule has 0 unspecified atom stereocenters. The molecule has 5 nitrogen and oxygen atoms in total. The number of aliphatic hydroxyl groups excluding tert-OH is 1. The lowest BCUT2D eigenvalue weighted by Gasteiger charge is -2.13. The Bertz CT molecular complexity index is 868. The lowest BCUT2D eigenvalue weighted by atomic mass is 10.3. The van der Waals surface area contributed by atoms with Crippen LogP contribution in [0.15, 0.2) is 54.6 Å². The zero-order valence-electron chi connectivity index (χ0n) is 14.6. The molecule has 3 aromatic rings. The molecule has 0 saturated carbocycles. The maximum Gasteiger partial charge on any atom is 0.203 e. The fourth-order valence-corrected chi connectivity index (χ4v) is 2.99. The second-order valence-corrected chi connectivity index (χ2v) is 6.21. The van der Waals surface area contributed by atoms with E-state index in [0.717, 1.165) is 36.2 Å². The number of nitrogens with zero attached hydrogens (tertiary/aromatic N) is 2. The Morgan fingerprint density at radius 3 is 2.32 bits per heavy atom. The third-order valence-electron chi connectivity index (χ3n) is 4.29. The van der Waals surface area contributed by atoms with Crippen LogP contribution in [-0.2, 0) is 13.1 Å². The largest absolute Gasteiger partial charge is 0.491 e. The van der Waals surface area contributed by atoms with Crippen LogP contribution in [0.2, 0.25) is 0 Å². The summed E-state index contributed by atoms with van der Waals surface area (Å²) in [6.45, 7) is 3.50. The molecule has 0 aliphatic carbocycles. The van der Waals surface area contributed by atoms with Crippen LogP contribution >= 0.6 is 0 Å². The molecular weight excluding hydrogens is 314 g/mol. The highest BCUT2D eigenvalue weighted by Gasteiger charge is 2.14. The highest BCUT2D eigenvalue weighted by atomic mass is 16.5. The molecule has 2 aromatic carbocycles. The predicted octanol–water partition coefficient (Wildman–Crippen LogP) is 3.16. The molecule has 2 N–H and O–H groups in total. The van der Waals surface area contributed by atoms with Crippen LogP contribution in [0.3, 0.4) is 0 Å². The van der Waals surface area contributed by atoms with Gasteiger partial charge in [-0.05, 0) is 30.7 Å². The fraction of sp³-hybridized carbons (Fsp3) is 0.350. The van der Waals surface area contributed by atoms with Crippen molar-refractivity contribution in [3.05, 3.63) is 60.2 Å². The Hall–Kier alpha value is -2.53. The summed E-state index contributed by atoms with van der Waals surface area (Å²) < 4.78 is 9.51. The van der Waals surface area contributed by atoms with Gasteiger partial charge in [-0.15, -0.1) is 0 Å². The van der Waals surface area contributed by atoms with E-state index in [4.69, 9.17) is 10.1 Å². The molecule has 0 saturated heterocycles. The molecule has 0 spiro atoms. The minimum atomic E-state index is -0.681. The maximum atomic E-state index is 10.4. The summed E-state index contributed by atoms with van der Waals surface area (Å²) in [5.41, 5.74) is 2.44. The van der Waals surface area contributed by atoms with Crippen molar-refractivity contribution in [2.24, 2.45) is 0 Å². The highest BCUT2D eigenvalue weighted by Crippen LogP contribution is 2.15. The topological polar surface area (TPSA) is 63.2 Å². The van der Waals surface area contributed by atoms with Crippen molar-refractivity contribution >= 4 is 11.0 Å². The third-order valence-corrected chi connectivity index (χ3v) is 4.29. The first kappa shape index (κ1) is 17.3. The standard InChI is InChI=1S/C20H25N3O2/c1-2-3-13-22-18-11-7-8-12-19(18)23(20(22)21)14-16(24)15-25-17-9-5-4-6-10-17/h4-12,16,21,24H,2-3,13-15H2,1H3/t16-/m1/s1. The van der Waals surface area contributed by atoms with E-state index in [0.29, 0.717) is 12.2 Å². The average Bonchev–Trinajstić information content (AvgIpc) is 2.91. The van der Waals surface area contributed by atoms with Gasteiger partial charge >= 0.3 is 0 Å². The number of para-hydroxylation sites is 3. The Balaban J connectivity index is 1.78. The molecule has 0 radical (unpaired) electrons. The van der Waals surface area contributed by atoms with Crippen molar-refractivity contribution in [1.29, 1.82) is 5.41 Å². The minimum Gasteiger partial charge on any atom is -0.491 e. The summed E-state index contributed by atoms with van der Waals surface area (Å²) >= 11 is 0. The summed E-state index contributed by atoms with van der Waals surface area (Å²) in [7, 11) is 0. The van der Waals surface area contributed by atoms with Gasteiger partial charge in [-0.3, -0.25) is 5.41 Å². The van der Waals surface area contributed by atoms with E-state index in [9.17, 15) is 5.11 Å². The first-order valence-corrected chi connectivity index (χ1v) is 8.79. The van der Waals surface area contributed by atoms with Gasteiger partial charge in [0.15, 0.2) is 0 Å². The molecule has 0 bridgehead atoms. The van der Waals surface area contributed by atoms with E-state index in [1.807, 2.05) is 63.7 Å². The summed E-state index contributed by atoms with van der Waals surface area (Å²) in [4.78, 5) is 0. The van der Waals surface area contributed by atoms with Gasteiger partial charge in [0.05, 0.1) is 17.6 Å². The monoisotopic (exact) mass is 339 g/mol. The number of aliphatic hydroxyl groups is 1. The first-order valence-electron chi connectivity index (χ1n) is 8.79. The van der Waals surface area contributed by atoms with Crippen molar-refractivity contribution < 1.29 is 9.84 Å². The number of rotatable bonds is 8. The summed E-state index contributed by atoms with van der Waals surface area (Å²) in [5.74, 6) is 0.739. The van der Waals surface area contributed by atoms with Gasteiger partial charge in [0.1, 0.15) is 18.5 Å². The average molecular weight is 339 g/mol. The van der Waals surface area contributed by atoms with Crippen molar-refractivity contribution in [2.75, 3.05) is 6.61 Å². The number of fused-ring (bicyclic) bond motifs is 1. The summed E-state index contributed by atoms with van der Waals surface area (Å²) in [6.07, 6.45) is 1.43. The lowest BCUT2D eigenvalue weighted by molar-refractivity contribution is 0.0921. The summed E-state index contributed by atoms with van der Waals surface area (Å²) in [6, 6.07) is 17.5. The predicted molar refractivity (Wildman–Crippen MR) is 98.6 cm³/mol. The van der Waals surface area contributed by atoms with Crippen molar-refractivity contribution in [3.8, 4) is 5.75 Å². The maximum absolute atomic E-state index is 10.4. The van der Waals surface area contributed by atoms with E-state index >= 15 is 0 Å². The van der Waals surface area contributed by atoms with Crippen LogP contribution in [0.1, 0.15) is 19.8 Å². The van der Waals surface area contributed by atoms with E-state index in [1.54, 1.807) is 0 Å². The number of nitrogens with one attached hydrogen (secondary N) is 1. The third kappa shape index (κ3) is 3.94. The van der Waals surface area contributed by atoms with Gasteiger partial charge < -0.3 is 19.0 Å². The number of unbranched alkanes of at least 4 members (excludes halogenated alkanes) is 1. The van der Waals surface area contributed by atoms with Gasteiger partial charge in [0.2, 0.25) is 5.62 Å². The molecule has 0 aliphatic rings. The van der Waals surface area contributed by atoms with Crippen LogP contribution < -0.4 is 10.4 Å². The zero-order valence-corrected chi connectivity index (χ0v) is 14.6. The van der Waals surface area contributed by atoms with Gasteiger partial charge in [-0.1, -0.05) is 43.7 Å². The van der Waals surface area contributed by atoms with E-state index in [2.05, 4.69) is 6.92 Å². The highest BCUT2D eigenvalue weighted by molar-refractivity contribution is 5.75. The molecule has 0 fully saturated rings. The van der Waals surface area contributed by atoms with E-state index < -0.39 is 6.10 Å². The molecule has 1 atom stereocenters. The smallest absolute Gasteiger partial charge is 0.203 e. The Labute approximate surface area is 147 Å². The van der Waals surface area contributed by atoms with Crippen molar-refractivity contribution in [2.45, 2.75) is 39.0 Å². The number of imidazole rings is 1. The van der Waals surface area contributed by atoms with Crippen LogP contribution in [0.25, 0.3) is 11.0 Å². The van der Waals surface area contributed by atoms with E-state index in [-0.39, 0.29) is 6.61 Å². The number of aromatic nitrogens is 2. The Morgan fingerprint density at radius 2 is 1.64 bits per heavy atom. The number of hydrogen-bond acceptors (Lipinski definition) is 3. The first-order chi connectivity index (χ1) is 12.2. The summed E-state index contributed by atoms with van der Waals surface area (Å²) in [5, 5.41) is 18.9. The molecule has 5 heteroatoms. The molecule has 0 aliphatic heterocycles. The fourth-order valence-electron chi connectivity index (χ4n) is 2.99.